The van der Waals surface area contributed by atoms with E-state index in [9.17, 15) is 13.6 Å². The van der Waals surface area contributed by atoms with Crippen molar-refractivity contribution in [1.82, 2.24) is 0 Å². The molecule has 0 saturated heterocycles. The Labute approximate surface area is 125 Å². The van der Waals surface area contributed by atoms with Gasteiger partial charge in [-0.1, -0.05) is 19.3 Å². The van der Waals surface area contributed by atoms with Crippen LogP contribution in [0.2, 0.25) is 0 Å². The highest BCUT2D eigenvalue weighted by molar-refractivity contribution is 9.10. The average molecular weight is 347 g/mol. The van der Waals surface area contributed by atoms with Crippen LogP contribution in [0.5, 0.6) is 0 Å². The van der Waals surface area contributed by atoms with E-state index in [1.165, 1.54) is 13.2 Å². The van der Waals surface area contributed by atoms with Crippen LogP contribution in [0.15, 0.2) is 16.6 Å². The second-order valence-electron chi connectivity index (χ2n) is 5.14. The molecule has 20 heavy (non-hydrogen) atoms. The molecule has 1 aromatic carbocycles. The fourth-order valence-electron chi connectivity index (χ4n) is 2.85. The molecule has 0 radical (unpaired) electrons. The third-order valence-electron chi connectivity index (χ3n) is 3.88. The number of halogens is 3. The van der Waals surface area contributed by atoms with Gasteiger partial charge in [-0.15, -0.1) is 0 Å². The van der Waals surface area contributed by atoms with Crippen molar-refractivity contribution in [3.8, 4) is 0 Å². The Morgan fingerprint density at radius 3 is 2.55 bits per heavy atom. The van der Waals surface area contributed by atoms with E-state index in [1.807, 2.05) is 0 Å². The number of hydrogen-bond donors (Lipinski definition) is 0. The highest BCUT2D eigenvalue weighted by Crippen LogP contribution is 2.31. The Balaban J connectivity index is 2.31. The fourth-order valence-corrected chi connectivity index (χ4v) is 3.18. The first kappa shape index (κ1) is 15.6. The van der Waals surface area contributed by atoms with Crippen LogP contribution in [0.4, 0.5) is 8.78 Å². The summed E-state index contributed by atoms with van der Waals surface area (Å²) in [5.41, 5.74) is -0.503. The van der Waals surface area contributed by atoms with Gasteiger partial charge in [0, 0.05) is 7.11 Å². The highest BCUT2D eigenvalue weighted by atomic mass is 79.9. The number of carbonyl (C=O) groups is 1. The van der Waals surface area contributed by atoms with E-state index in [0.717, 1.165) is 38.2 Å². The Bertz CT molecular complexity index is 499. The zero-order chi connectivity index (χ0) is 14.7. The SMILES string of the molecule is COC(C(=O)c1c(F)ccc(Br)c1F)C1CCCCC1. The first-order valence-electron chi connectivity index (χ1n) is 6.76. The molecule has 1 aromatic rings. The lowest BCUT2D eigenvalue weighted by Gasteiger charge is -2.28. The van der Waals surface area contributed by atoms with Gasteiger partial charge < -0.3 is 4.74 Å². The number of benzene rings is 1. The Morgan fingerprint density at radius 1 is 1.30 bits per heavy atom. The van der Waals surface area contributed by atoms with Gasteiger partial charge in [0.05, 0.1) is 10.0 Å². The summed E-state index contributed by atoms with van der Waals surface area (Å²) in [6.07, 6.45) is 4.15. The molecule has 1 aliphatic rings. The minimum atomic E-state index is -0.854. The summed E-state index contributed by atoms with van der Waals surface area (Å²) in [4.78, 5) is 12.4. The summed E-state index contributed by atoms with van der Waals surface area (Å²) >= 11 is 2.98. The van der Waals surface area contributed by atoms with Crippen molar-refractivity contribution >= 4 is 21.7 Å². The Morgan fingerprint density at radius 2 is 1.95 bits per heavy atom. The normalized spacial score (nSPS) is 18.0. The van der Waals surface area contributed by atoms with Gasteiger partial charge >= 0.3 is 0 Å². The maximum Gasteiger partial charge on any atom is 0.197 e. The van der Waals surface area contributed by atoms with E-state index in [0.29, 0.717) is 0 Å². The number of hydrogen-bond acceptors (Lipinski definition) is 2. The number of ether oxygens (including phenoxy) is 1. The lowest BCUT2D eigenvalue weighted by molar-refractivity contribution is 0.0307. The summed E-state index contributed by atoms with van der Waals surface area (Å²) in [6, 6.07) is 2.35. The molecule has 2 nitrogen and oxygen atoms in total. The maximum absolute atomic E-state index is 14.0. The molecule has 1 unspecified atom stereocenters. The molecular weight excluding hydrogens is 330 g/mol. The molecule has 110 valence electrons. The van der Waals surface area contributed by atoms with Crippen LogP contribution in [0.1, 0.15) is 42.5 Å². The third kappa shape index (κ3) is 3.09. The summed E-state index contributed by atoms with van der Waals surface area (Å²) in [6.45, 7) is 0. The van der Waals surface area contributed by atoms with Crippen LogP contribution in [-0.4, -0.2) is 19.0 Å². The molecule has 1 saturated carbocycles. The van der Waals surface area contributed by atoms with Gasteiger partial charge in [-0.05, 0) is 46.8 Å². The van der Waals surface area contributed by atoms with E-state index in [-0.39, 0.29) is 10.4 Å². The summed E-state index contributed by atoms with van der Waals surface area (Å²) in [5.74, 6) is -2.25. The lowest BCUT2D eigenvalue weighted by Crippen LogP contribution is -2.34. The predicted molar refractivity (Wildman–Crippen MR) is 75.8 cm³/mol. The number of rotatable bonds is 4. The van der Waals surface area contributed by atoms with Gasteiger partial charge in [-0.3, -0.25) is 4.79 Å². The molecule has 0 spiro atoms. The fraction of sp³-hybridized carbons (Fsp3) is 0.533. The van der Waals surface area contributed by atoms with Gasteiger partial charge in [0.2, 0.25) is 0 Å². The van der Waals surface area contributed by atoms with E-state index >= 15 is 0 Å². The quantitative estimate of drug-likeness (QED) is 0.592. The van der Waals surface area contributed by atoms with Crippen molar-refractivity contribution < 1.29 is 18.3 Å². The summed E-state index contributed by atoms with van der Waals surface area (Å²) < 4.78 is 33.2. The molecule has 0 N–H and O–H groups in total. The molecule has 2 rings (SSSR count). The standard InChI is InChI=1S/C15H17BrF2O2/c1-20-15(9-5-3-2-4-6-9)14(19)12-11(17)8-7-10(16)13(12)18/h7-9,15H,2-6H2,1H3. The van der Waals surface area contributed by atoms with Gasteiger partial charge in [0.15, 0.2) is 11.6 Å². The van der Waals surface area contributed by atoms with Crippen LogP contribution in [0, 0.1) is 17.6 Å². The largest absolute Gasteiger partial charge is 0.373 e. The van der Waals surface area contributed by atoms with Crippen molar-refractivity contribution in [2.75, 3.05) is 7.11 Å². The van der Waals surface area contributed by atoms with Crippen LogP contribution in [0.3, 0.4) is 0 Å². The lowest BCUT2D eigenvalue weighted by atomic mass is 9.82. The molecule has 0 bridgehead atoms. The van der Waals surface area contributed by atoms with E-state index in [1.54, 1.807) is 0 Å². The van der Waals surface area contributed by atoms with Gasteiger partial charge in [0.1, 0.15) is 11.9 Å². The number of carbonyl (C=O) groups excluding carboxylic acids is 1. The average Bonchev–Trinajstić information content (AvgIpc) is 2.45. The number of ketones is 1. The summed E-state index contributed by atoms with van der Waals surface area (Å²) in [5, 5.41) is 0. The highest BCUT2D eigenvalue weighted by Gasteiger charge is 2.33. The minimum absolute atomic E-state index is 0.0408. The van der Waals surface area contributed by atoms with Gasteiger partial charge in [0.25, 0.3) is 0 Å². The van der Waals surface area contributed by atoms with E-state index < -0.39 is 29.1 Å². The Hall–Kier alpha value is -0.810. The van der Waals surface area contributed by atoms with Gasteiger partial charge in [-0.2, -0.15) is 0 Å². The molecule has 1 atom stereocenters. The minimum Gasteiger partial charge on any atom is -0.373 e. The summed E-state index contributed by atoms with van der Waals surface area (Å²) in [7, 11) is 1.42. The Kier molecular flexibility index (Phi) is 5.27. The molecule has 1 fully saturated rings. The zero-order valence-electron chi connectivity index (χ0n) is 11.3. The molecule has 0 amide bonds. The molecule has 0 aromatic heterocycles. The van der Waals surface area contributed by atoms with E-state index in [2.05, 4.69) is 15.9 Å². The van der Waals surface area contributed by atoms with Crippen molar-refractivity contribution in [2.24, 2.45) is 5.92 Å². The molecular formula is C15H17BrF2O2. The van der Waals surface area contributed by atoms with Crippen LogP contribution in [0.25, 0.3) is 0 Å². The van der Waals surface area contributed by atoms with Crippen molar-refractivity contribution in [1.29, 1.82) is 0 Å². The molecule has 1 aliphatic carbocycles. The zero-order valence-corrected chi connectivity index (χ0v) is 12.9. The van der Waals surface area contributed by atoms with Crippen LogP contribution >= 0.6 is 15.9 Å². The first-order chi connectivity index (χ1) is 9.56. The smallest absolute Gasteiger partial charge is 0.197 e. The maximum atomic E-state index is 14.0. The second kappa shape index (κ2) is 6.76. The van der Waals surface area contributed by atoms with Gasteiger partial charge in [-0.25, -0.2) is 8.78 Å². The van der Waals surface area contributed by atoms with Crippen molar-refractivity contribution in [3.63, 3.8) is 0 Å². The third-order valence-corrected chi connectivity index (χ3v) is 4.49. The van der Waals surface area contributed by atoms with Crippen molar-refractivity contribution in [3.05, 3.63) is 33.8 Å². The number of methoxy groups -OCH3 is 1. The molecule has 0 heterocycles. The van der Waals surface area contributed by atoms with Crippen LogP contribution < -0.4 is 0 Å². The molecule has 0 aliphatic heterocycles. The topological polar surface area (TPSA) is 26.3 Å². The van der Waals surface area contributed by atoms with Crippen molar-refractivity contribution in [2.45, 2.75) is 38.2 Å². The number of Topliss-reactive ketones (excluding diaryl/α,β-unsaturated/α-hetero) is 1. The monoisotopic (exact) mass is 346 g/mol. The molecule has 5 heteroatoms. The second-order valence-corrected chi connectivity index (χ2v) is 5.99. The van der Waals surface area contributed by atoms with Crippen LogP contribution in [-0.2, 0) is 4.74 Å². The predicted octanol–water partition coefficient (Wildman–Crippen LogP) is 4.51. The van der Waals surface area contributed by atoms with E-state index in [4.69, 9.17) is 4.74 Å². The first-order valence-corrected chi connectivity index (χ1v) is 7.56.